The van der Waals surface area contributed by atoms with Gasteiger partial charge in [0.05, 0.1) is 0 Å². The van der Waals surface area contributed by atoms with Crippen molar-refractivity contribution in [3.8, 4) is 11.1 Å². The molecule has 2 aromatic carbocycles. The number of hydrogen-bond acceptors (Lipinski definition) is 2. The molecule has 0 atom stereocenters. The van der Waals surface area contributed by atoms with Gasteiger partial charge >= 0.3 is 0 Å². The van der Waals surface area contributed by atoms with Crippen molar-refractivity contribution in [2.24, 2.45) is 0 Å². The summed E-state index contributed by atoms with van der Waals surface area (Å²) in [4.78, 5) is 14.3. The first-order chi connectivity index (χ1) is 11.6. The molecule has 0 spiro atoms. The number of carbonyl (C=O) groups is 1. The zero-order valence-electron chi connectivity index (χ0n) is 14.0. The highest BCUT2D eigenvalue weighted by Crippen LogP contribution is 2.27. The number of carbonyl (C=O) groups excluding carboxylic acids is 1. The van der Waals surface area contributed by atoms with Crippen molar-refractivity contribution in [2.45, 2.75) is 13.3 Å². The quantitative estimate of drug-likeness (QED) is 0.876. The van der Waals surface area contributed by atoms with Crippen LogP contribution in [0.5, 0.6) is 0 Å². The molecule has 134 valence electrons. The second kappa shape index (κ2) is 8.41. The second-order valence-corrected chi connectivity index (χ2v) is 6.05. The van der Waals surface area contributed by atoms with E-state index < -0.39 is 5.82 Å². The summed E-state index contributed by atoms with van der Waals surface area (Å²) in [5.74, 6) is -0.971. The molecular formula is C19H21ClF2N2O. The topological polar surface area (TPSA) is 32.3 Å². The van der Waals surface area contributed by atoms with Crippen molar-refractivity contribution in [3.05, 3.63) is 59.2 Å². The van der Waals surface area contributed by atoms with Crippen molar-refractivity contribution in [1.82, 2.24) is 10.2 Å². The number of nitrogens with zero attached hydrogens (tertiary/aromatic N) is 1. The molecule has 3 nitrogen and oxygen atoms in total. The lowest BCUT2D eigenvalue weighted by Gasteiger charge is -2.20. The molecule has 3 rings (SSSR count). The summed E-state index contributed by atoms with van der Waals surface area (Å²) < 4.78 is 27.8. The average molecular weight is 367 g/mol. The minimum Gasteiger partial charge on any atom is -0.337 e. The number of benzene rings is 2. The molecule has 1 heterocycles. The Morgan fingerprint density at radius 3 is 2.52 bits per heavy atom. The number of hydrogen-bond donors (Lipinski definition) is 1. The monoisotopic (exact) mass is 366 g/mol. The van der Waals surface area contributed by atoms with Crippen LogP contribution in [0.2, 0.25) is 0 Å². The molecule has 6 heteroatoms. The highest BCUT2D eigenvalue weighted by Gasteiger charge is 2.19. The van der Waals surface area contributed by atoms with Crippen molar-refractivity contribution in [2.75, 3.05) is 26.2 Å². The maximum atomic E-state index is 14.5. The van der Waals surface area contributed by atoms with Crippen molar-refractivity contribution >= 4 is 18.3 Å². The van der Waals surface area contributed by atoms with Gasteiger partial charge in [-0.3, -0.25) is 4.79 Å². The highest BCUT2D eigenvalue weighted by molar-refractivity contribution is 5.95. The molecule has 0 aromatic heterocycles. The SMILES string of the molecule is Cc1cc(F)ccc1-c1ccc(C(=O)N2CCCNCC2)cc1F.Cl. The fourth-order valence-corrected chi connectivity index (χ4v) is 3.03. The molecule has 25 heavy (non-hydrogen) atoms. The van der Waals surface area contributed by atoms with E-state index in [0.29, 0.717) is 35.3 Å². The highest BCUT2D eigenvalue weighted by atomic mass is 35.5. The van der Waals surface area contributed by atoms with Gasteiger partial charge in [0, 0.05) is 30.8 Å². The van der Waals surface area contributed by atoms with Gasteiger partial charge in [-0.2, -0.15) is 0 Å². The first kappa shape index (κ1) is 19.3. The standard InChI is InChI=1S/C19H20F2N2O.ClH/c1-13-11-15(20)4-6-16(13)17-5-3-14(12-18(17)21)19(24)23-9-2-7-22-8-10-23;/h3-6,11-12,22H,2,7-10H2,1H3;1H. The van der Waals surface area contributed by atoms with Crippen LogP contribution in [-0.2, 0) is 0 Å². The molecule has 0 saturated carbocycles. The predicted molar refractivity (Wildman–Crippen MR) is 97.2 cm³/mol. The summed E-state index contributed by atoms with van der Waals surface area (Å²) in [6.07, 6.45) is 0.890. The number of amides is 1. The number of halogens is 3. The van der Waals surface area contributed by atoms with Gasteiger partial charge < -0.3 is 10.2 Å². The lowest BCUT2D eigenvalue weighted by molar-refractivity contribution is 0.0766. The van der Waals surface area contributed by atoms with Gasteiger partial charge in [-0.15, -0.1) is 12.4 Å². The Kier molecular flexibility index (Phi) is 6.51. The Morgan fingerprint density at radius 1 is 1.04 bits per heavy atom. The van der Waals surface area contributed by atoms with Gasteiger partial charge in [0.25, 0.3) is 5.91 Å². The molecule has 0 radical (unpaired) electrons. The summed E-state index contributed by atoms with van der Waals surface area (Å²) in [6, 6.07) is 8.76. The van der Waals surface area contributed by atoms with Crippen molar-refractivity contribution in [1.29, 1.82) is 0 Å². The summed E-state index contributed by atoms with van der Waals surface area (Å²) in [5, 5.41) is 3.24. The van der Waals surface area contributed by atoms with Gasteiger partial charge in [-0.1, -0.05) is 12.1 Å². The molecule has 1 fully saturated rings. The number of aryl methyl sites for hydroxylation is 1. The predicted octanol–water partition coefficient (Wildman–Crippen LogP) is 3.80. The second-order valence-electron chi connectivity index (χ2n) is 6.05. The van der Waals surface area contributed by atoms with Gasteiger partial charge in [-0.25, -0.2) is 8.78 Å². The van der Waals surface area contributed by atoms with E-state index >= 15 is 0 Å². The maximum Gasteiger partial charge on any atom is 0.254 e. The van der Waals surface area contributed by atoms with E-state index in [1.165, 1.54) is 18.2 Å². The Labute approximate surface area is 152 Å². The van der Waals surface area contributed by atoms with Crippen LogP contribution in [0.25, 0.3) is 11.1 Å². The lowest BCUT2D eigenvalue weighted by atomic mass is 9.98. The summed E-state index contributed by atoms with van der Waals surface area (Å²) in [7, 11) is 0. The van der Waals surface area contributed by atoms with E-state index in [1.807, 2.05) is 0 Å². The van der Waals surface area contributed by atoms with Gasteiger partial charge in [0.2, 0.25) is 0 Å². The van der Waals surface area contributed by atoms with Crippen LogP contribution in [0.15, 0.2) is 36.4 Å². The summed E-state index contributed by atoms with van der Waals surface area (Å²) >= 11 is 0. The zero-order chi connectivity index (χ0) is 17.1. The third-order valence-electron chi connectivity index (χ3n) is 4.32. The van der Waals surface area contributed by atoms with Crippen LogP contribution < -0.4 is 5.32 Å². The van der Waals surface area contributed by atoms with Crippen molar-refractivity contribution < 1.29 is 13.6 Å². The third kappa shape index (κ3) is 4.35. The molecule has 1 N–H and O–H groups in total. The van der Waals surface area contributed by atoms with E-state index in [0.717, 1.165) is 19.5 Å². The lowest BCUT2D eigenvalue weighted by Crippen LogP contribution is -2.34. The Bertz CT molecular complexity index is 759. The first-order valence-corrected chi connectivity index (χ1v) is 8.12. The first-order valence-electron chi connectivity index (χ1n) is 8.12. The van der Waals surface area contributed by atoms with Gasteiger partial charge in [0.15, 0.2) is 0 Å². The maximum absolute atomic E-state index is 14.5. The number of rotatable bonds is 2. The van der Waals surface area contributed by atoms with E-state index in [2.05, 4.69) is 5.32 Å². The van der Waals surface area contributed by atoms with Gasteiger partial charge in [0.1, 0.15) is 11.6 Å². The van der Waals surface area contributed by atoms with Crippen LogP contribution >= 0.6 is 12.4 Å². The van der Waals surface area contributed by atoms with E-state index in [1.54, 1.807) is 30.0 Å². The normalized spacial score (nSPS) is 14.6. The minimum atomic E-state index is -0.469. The molecule has 2 aromatic rings. The summed E-state index contributed by atoms with van der Waals surface area (Å²) in [5.41, 5.74) is 2.01. The molecular weight excluding hydrogens is 346 g/mol. The Morgan fingerprint density at radius 2 is 1.80 bits per heavy atom. The van der Waals surface area contributed by atoms with Gasteiger partial charge in [-0.05, 0) is 55.3 Å². The van der Waals surface area contributed by atoms with Crippen LogP contribution in [0.3, 0.4) is 0 Å². The summed E-state index contributed by atoms with van der Waals surface area (Å²) in [6.45, 7) is 4.68. The van der Waals surface area contributed by atoms with Crippen molar-refractivity contribution in [3.63, 3.8) is 0 Å². The molecule has 0 unspecified atom stereocenters. The van der Waals surface area contributed by atoms with Crippen LogP contribution in [0.1, 0.15) is 22.3 Å². The zero-order valence-corrected chi connectivity index (χ0v) is 14.8. The van der Waals surface area contributed by atoms with Crippen LogP contribution in [0, 0.1) is 18.6 Å². The minimum absolute atomic E-state index is 0. The molecule has 1 aliphatic rings. The molecule has 0 aliphatic carbocycles. The van der Waals surface area contributed by atoms with E-state index in [4.69, 9.17) is 0 Å². The average Bonchev–Trinajstić information content (AvgIpc) is 2.84. The molecule has 1 aliphatic heterocycles. The fourth-order valence-electron chi connectivity index (χ4n) is 3.03. The Balaban J connectivity index is 0.00000225. The number of nitrogens with one attached hydrogen (secondary N) is 1. The third-order valence-corrected chi connectivity index (χ3v) is 4.32. The smallest absolute Gasteiger partial charge is 0.254 e. The van der Waals surface area contributed by atoms with E-state index in [9.17, 15) is 13.6 Å². The largest absolute Gasteiger partial charge is 0.337 e. The fraction of sp³-hybridized carbons (Fsp3) is 0.316. The van der Waals surface area contributed by atoms with Crippen LogP contribution in [-0.4, -0.2) is 37.0 Å². The molecule has 0 bridgehead atoms. The van der Waals surface area contributed by atoms with Crippen LogP contribution in [0.4, 0.5) is 8.78 Å². The molecule has 1 saturated heterocycles. The molecule has 1 amide bonds. The Hall–Kier alpha value is -1.98. The van der Waals surface area contributed by atoms with E-state index in [-0.39, 0.29) is 24.1 Å².